The highest BCUT2D eigenvalue weighted by Crippen LogP contribution is 2.16. The van der Waals surface area contributed by atoms with E-state index < -0.39 is 0 Å². The molecule has 2 N–H and O–H groups in total. The molecule has 0 aliphatic carbocycles. The molecule has 0 bridgehead atoms. The van der Waals surface area contributed by atoms with E-state index in [4.69, 9.17) is 5.73 Å². The molecule has 0 saturated carbocycles. The average molecular weight is 217 g/mol. The van der Waals surface area contributed by atoms with Gasteiger partial charge in [0.1, 0.15) is 0 Å². The number of hydrogen-bond donors (Lipinski definition) is 1. The lowest BCUT2D eigenvalue weighted by Crippen LogP contribution is -2.06. The number of hydrogen-bond acceptors (Lipinski definition) is 4. The number of aromatic nitrogens is 4. The lowest BCUT2D eigenvalue weighted by Gasteiger charge is -2.02. The Bertz CT molecular complexity index is 475. The molecule has 2 aromatic heterocycles. The largest absolute Gasteiger partial charge is 0.330 e. The summed E-state index contributed by atoms with van der Waals surface area (Å²) in [5, 5.41) is 12.4. The maximum Gasteiger partial charge on any atom is 0.175 e. The molecule has 0 radical (unpaired) electrons. The minimum Gasteiger partial charge on any atom is -0.330 e. The fourth-order valence-corrected chi connectivity index (χ4v) is 1.81. The van der Waals surface area contributed by atoms with Gasteiger partial charge in [0.15, 0.2) is 5.82 Å². The van der Waals surface area contributed by atoms with Crippen LogP contribution >= 0.6 is 0 Å². The van der Waals surface area contributed by atoms with Crippen molar-refractivity contribution in [2.24, 2.45) is 5.73 Å². The second-order valence-electron chi connectivity index (χ2n) is 3.68. The fourth-order valence-electron chi connectivity index (χ4n) is 1.81. The smallest absolute Gasteiger partial charge is 0.175 e. The van der Waals surface area contributed by atoms with Crippen LogP contribution in [0.15, 0.2) is 18.3 Å². The molecule has 0 saturated heterocycles. The average Bonchev–Trinajstić information content (AvgIpc) is 2.59. The van der Waals surface area contributed by atoms with Crippen molar-refractivity contribution in [1.82, 2.24) is 20.0 Å². The molecule has 16 heavy (non-hydrogen) atoms. The van der Waals surface area contributed by atoms with E-state index in [2.05, 4.69) is 15.3 Å². The first kappa shape index (κ1) is 10.8. The van der Waals surface area contributed by atoms with E-state index in [1.54, 1.807) is 6.20 Å². The zero-order chi connectivity index (χ0) is 11.5. The zero-order valence-electron chi connectivity index (χ0n) is 9.51. The van der Waals surface area contributed by atoms with E-state index in [9.17, 15) is 0 Å². The molecule has 5 nitrogen and oxygen atoms in total. The summed E-state index contributed by atoms with van der Waals surface area (Å²) in [6.07, 6.45) is 2.49. The monoisotopic (exact) mass is 217 g/mol. The van der Waals surface area contributed by atoms with Gasteiger partial charge in [0, 0.05) is 11.9 Å². The Morgan fingerprint density at radius 2 is 2.19 bits per heavy atom. The highest BCUT2D eigenvalue weighted by atomic mass is 15.3. The predicted molar refractivity (Wildman–Crippen MR) is 61.4 cm³/mol. The van der Waals surface area contributed by atoms with Crippen LogP contribution in [-0.2, 0) is 6.42 Å². The third-order valence-electron chi connectivity index (χ3n) is 2.61. The number of rotatable bonds is 3. The Morgan fingerprint density at radius 1 is 1.38 bits per heavy atom. The van der Waals surface area contributed by atoms with Crippen LogP contribution in [0.5, 0.6) is 0 Å². The third-order valence-corrected chi connectivity index (χ3v) is 2.61. The maximum atomic E-state index is 5.58. The van der Waals surface area contributed by atoms with Gasteiger partial charge in [-0.3, -0.25) is 0 Å². The quantitative estimate of drug-likeness (QED) is 0.824. The van der Waals surface area contributed by atoms with Crippen molar-refractivity contribution in [3.8, 4) is 5.82 Å². The van der Waals surface area contributed by atoms with Crippen LogP contribution in [0.4, 0.5) is 0 Å². The first-order valence-corrected chi connectivity index (χ1v) is 5.27. The summed E-state index contributed by atoms with van der Waals surface area (Å²) < 4.78 is 1.81. The number of nitrogens with zero attached hydrogens (tertiary/aromatic N) is 4. The summed E-state index contributed by atoms with van der Waals surface area (Å²) in [6, 6.07) is 3.74. The van der Waals surface area contributed by atoms with Gasteiger partial charge in [0.25, 0.3) is 0 Å². The van der Waals surface area contributed by atoms with Gasteiger partial charge < -0.3 is 5.73 Å². The standard InChI is InChI=1S/C11H15N5/c1-8-10(5-6-12)9(2)16(15-8)11-4-3-7-13-14-11/h3-4,7H,5-6,12H2,1-2H3. The molecule has 0 aliphatic rings. The van der Waals surface area contributed by atoms with Crippen LogP contribution in [0, 0.1) is 13.8 Å². The molecule has 0 spiro atoms. The van der Waals surface area contributed by atoms with Crippen LogP contribution in [0.2, 0.25) is 0 Å². The van der Waals surface area contributed by atoms with E-state index in [1.165, 1.54) is 5.56 Å². The van der Waals surface area contributed by atoms with Crippen molar-refractivity contribution in [2.45, 2.75) is 20.3 Å². The van der Waals surface area contributed by atoms with Gasteiger partial charge in [-0.25, -0.2) is 4.68 Å². The molecule has 2 heterocycles. The molecule has 0 amide bonds. The molecule has 2 rings (SSSR count). The van der Waals surface area contributed by atoms with Crippen molar-refractivity contribution in [2.75, 3.05) is 6.54 Å². The Labute approximate surface area is 94.3 Å². The molecule has 84 valence electrons. The van der Waals surface area contributed by atoms with E-state index in [1.807, 2.05) is 30.7 Å². The van der Waals surface area contributed by atoms with E-state index >= 15 is 0 Å². The van der Waals surface area contributed by atoms with Gasteiger partial charge in [-0.15, -0.1) is 5.10 Å². The van der Waals surface area contributed by atoms with Crippen molar-refractivity contribution < 1.29 is 0 Å². The summed E-state index contributed by atoms with van der Waals surface area (Å²) in [5.41, 5.74) is 8.88. The summed E-state index contributed by atoms with van der Waals surface area (Å²) in [7, 11) is 0. The molecule has 0 aliphatic heterocycles. The van der Waals surface area contributed by atoms with Crippen LogP contribution in [0.25, 0.3) is 5.82 Å². The topological polar surface area (TPSA) is 69.6 Å². The highest BCUT2D eigenvalue weighted by molar-refractivity contribution is 5.31. The van der Waals surface area contributed by atoms with E-state index in [0.29, 0.717) is 6.54 Å². The van der Waals surface area contributed by atoms with Gasteiger partial charge in [-0.05, 0) is 44.5 Å². The number of aryl methyl sites for hydroxylation is 1. The fraction of sp³-hybridized carbons (Fsp3) is 0.364. The van der Waals surface area contributed by atoms with Crippen LogP contribution in [0.1, 0.15) is 17.0 Å². The SMILES string of the molecule is Cc1nn(-c2cccnn2)c(C)c1CCN. The normalized spacial score (nSPS) is 10.7. The van der Waals surface area contributed by atoms with Crippen molar-refractivity contribution >= 4 is 0 Å². The van der Waals surface area contributed by atoms with Gasteiger partial charge in [0.2, 0.25) is 0 Å². The summed E-state index contributed by atoms with van der Waals surface area (Å²) in [4.78, 5) is 0. The second kappa shape index (κ2) is 4.40. The lowest BCUT2D eigenvalue weighted by atomic mass is 10.1. The maximum absolute atomic E-state index is 5.58. The van der Waals surface area contributed by atoms with Gasteiger partial charge in [-0.2, -0.15) is 10.2 Å². The molecule has 2 aromatic rings. The van der Waals surface area contributed by atoms with Crippen molar-refractivity contribution in [3.05, 3.63) is 35.3 Å². The summed E-state index contributed by atoms with van der Waals surface area (Å²) in [5.74, 6) is 0.742. The summed E-state index contributed by atoms with van der Waals surface area (Å²) in [6.45, 7) is 4.65. The Balaban J connectivity index is 2.47. The predicted octanol–water partition coefficient (Wildman–Crippen LogP) is 0.780. The molecule has 0 fully saturated rings. The molecular weight excluding hydrogens is 202 g/mol. The minimum atomic E-state index is 0.633. The van der Waals surface area contributed by atoms with Crippen molar-refractivity contribution in [1.29, 1.82) is 0 Å². The molecule has 5 heteroatoms. The zero-order valence-corrected chi connectivity index (χ0v) is 9.51. The van der Waals surface area contributed by atoms with E-state index in [0.717, 1.165) is 23.6 Å². The second-order valence-corrected chi connectivity index (χ2v) is 3.68. The Hall–Kier alpha value is -1.75. The lowest BCUT2D eigenvalue weighted by molar-refractivity contribution is 0.780. The van der Waals surface area contributed by atoms with Crippen molar-refractivity contribution in [3.63, 3.8) is 0 Å². The Kier molecular flexibility index (Phi) is 2.96. The van der Waals surface area contributed by atoms with Gasteiger partial charge in [-0.1, -0.05) is 0 Å². The first-order valence-electron chi connectivity index (χ1n) is 5.27. The van der Waals surface area contributed by atoms with Crippen LogP contribution in [0.3, 0.4) is 0 Å². The first-order chi connectivity index (χ1) is 7.74. The van der Waals surface area contributed by atoms with Crippen LogP contribution < -0.4 is 5.73 Å². The molecule has 0 unspecified atom stereocenters. The van der Waals surface area contributed by atoms with Gasteiger partial charge >= 0.3 is 0 Å². The highest BCUT2D eigenvalue weighted by Gasteiger charge is 2.12. The Morgan fingerprint density at radius 3 is 2.81 bits per heavy atom. The minimum absolute atomic E-state index is 0.633. The summed E-state index contributed by atoms with van der Waals surface area (Å²) >= 11 is 0. The number of nitrogens with two attached hydrogens (primary N) is 1. The third kappa shape index (κ3) is 1.81. The molecule has 0 aromatic carbocycles. The molecule has 0 atom stereocenters. The van der Waals surface area contributed by atoms with Crippen LogP contribution in [-0.4, -0.2) is 26.5 Å². The van der Waals surface area contributed by atoms with E-state index in [-0.39, 0.29) is 0 Å². The van der Waals surface area contributed by atoms with Gasteiger partial charge in [0.05, 0.1) is 5.69 Å². The molecular formula is C11H15N5.